The summed E-state index contributed by atoms with van der Waals surface area (Å²) in [5, 5.41) is 6.88. The van der Waals surface area contributed by atoms with Crippen LogP contribution in [0, 0.1) is 11.6 Å². The number of rotatable bonds is 4. The van der Waals surface area contributed by atoms with E-state index in [4.69, 9.17) is 0 Å². The average molecular weight is 365 g/mol. The molecule has 1 aromatic carbocycles. The molecule has 0 aliphatic carbocycles. The highest BCUT2D eigenvalue weighted by atomic mass is 19.1. The quantitative estimate of drug-likeness (QED) is 0.601. The molecule has 3 heterocycles. The first-order chi connectivity index (χ1) is 13.1. The summed E-state index contributed by atoms with van der Waals surface area (Å²) in [6.07, 6.45) is 7.85. The average Bonchev–Trinajstić information content (AvgIpc) is 3.32. The molecule has 0 radical (unpaired) electrons. The molecule has 4 rings (SSSR count). The second-order valence-corrected chi connectivity index (χ2v) is 5.68. The molecule has 3 aromatic heterocycles. The molecule has 0 unspecified atom stereocenters. The molecular weight excluding hydrogens is 352 g/mol. The van der Waals surface area contributed by atoms with Gasteiger partial charge in [0.05, 0.1) is 18.1 Å². The third-order valence-electron chi connectivity index (χ3n) is 3.89. The molecular formula is C19H13F2N5O. The second kappa shape index (κ2) is 6.83. The van der Waals surface area contributed by atoms with Gasteiger partial charge in [0.25, 0.3) is 5.91 Å². The highest BCUT2D eigenvalue weighted by Crippen LogP contribution is 2.23. The van der Waals surface area contributed by atoms with E-state index in [2.05, 4.69) is 15.4 Å². The first kappa shape index (κ1) is 16.6. The van der Waals surface area contributed by atoms with Gasteiger partial charge >= 0.3 is 0 Å². The fraction of sp³-hybridized carbons (Fsp3) is 0. The molecule has 0 aliphatic rings. The maximum absolute atomic E-state index is 14.3. The summed E-state index contributed by atoms with van der Waals surface area (Å²) in [6.45, 7) is 0. The summed E-state index contributed by atoms with van der Waals surface area (Å²) >= 11 is 0. The van der Waals surface area contributed by atoms with E-state index in [1.165, 1.54) is 23.1 Å². The van der Waals surface area contributed by atoms with Crippen molar-refractivity contribution in [2.24, 2.45) is 0 Å². The van der Waals surface area contributed by atoms with Gasteiger partial charge in [-0.05, 0) is 36.4 Å². The summed E-state index contributed by atoms with van der Waals surface area (Å²) in [4.78, 5) is 16.7. The Morgan fingerprint density at radius 1 is 1.04 bits per heavy atom. The number of carbonyl (C=O) groups excluding carboxylic acids is 1. The third-order valence-corrected chi connectivity index (χ3v) is 3.89. The molecule has 1 amide bonds. The zero-order chi connectivity index (χ0) is 18.8. The number of anilines is 1. The van der Waals surface area contributed by atoms with Crippen LogP contribution in [-0.2, 0) is 0 Å². The molecule has 4 aromatic rings. The smallest absolute Gasteiger partial charge is 0.261 e. The van der Waals surface area contributed by atoms with Gasteiger partial charge in [-0.2, -0.15) is 5.10 Å². The van der Waals surface area contributed by atoms with E-state index in [9.17, 15) is 13.6 Å². The molecule has 0 fully saturated rings. The van der Waals surface area contributed by atoms with Gasteiger partial charge in [0.2, 0.25) is 0 Å². The largest absolute Gasteiger partial charge is 0.320 e. The Labute approximate surface area is 152 Å². The molecule has 0 spiro atoms. The van der Waals surface area contributed by atoms with Crippen LogP contribution in [0.15, 0.2) is 73.4 Å². The van der Waals surface area contributed by atoms with E-state index in [1.807, 2.05) is 0 Å². The zero-order valence-electron chi connectivity index (χ0n) is 13.9. The Bertz CT molecular complexity index is 1090. The number of pyridine rings is 1. The van der Waals surface area contributed by atoms with Crippen molar-refractivity contribution in [3.05, 3.63) is 90.6 Å². The zero-order valence-corrected chi connectivity index (χ0v) is 13.9. The van der Waals surface area contributed by atoms with Crippen molar-refractivity contribution in [2.75, 3.05) is 5.32 Å². The fourth-order valence-electron chi connectivity index (χ4n) is 2.69. The fourth-order valence-corrected chi connectivity index (χ4v) is 2.69. The molecule has 0 atom stereocenters. The standard InChI is InChI=1S/C19H13F2N5O/c20-13-5-6-17(16(21)10-13)26-19(25-8-1-2-9-25)15(12-23-26)18(27)24-14-4-3-7-22-11-14/h1-12H,(H,24,27). The second-order valence-electron chi connectivity index (χ2n) is 5.68. The van der Waals surface area contributed by atoms with Crippen LogP contribution in [0.2, 0.25) is 0 Å². The summed E-state index contributed by atoms with van der Waals surface area (Å²) in [6, 6.07) is 10.1. The van der Waals surface area contributed by atoms with E-state index in [0.29, 0.717) is 11.5 Å². The van der Waals surface area contributed by atoms with Gasteiger partial charge in [0.1, 0.15) is 17.1 Å². The monoisotopic (exact) mass is 365 g/mol. The Hall–Kier alpha value is -3.81. The Kier molecular flexibility index (Phi) is 4.21. The van der Waals surface area contributed by atoms with Gasteiger partial charge in [-0.1, -0.05) is 0 Å². The number of nitrogens with one attached hydrogen (secondary N) is 1. The predicted octanol–water partition coefficient (Wildman–Crippen LogP) is 3.59. The van der Waals surface area contributed by atoms with Crippen LogP contribution in [0.4, 0.5) is 14.5 Å². The maximum Gasteiger partial charge on any atom is 0.261 e. The van der Waals surface area contributed by atoms with Gasteiger partial charge in [-0.25, -0.2) is 13.5 Å². The lowest BCUT2D eigenvalue weighted by Crippen LogP contribution is -2.15. The molecule has 134 valence electrons. The lowest BCUT2D eigenvalue weighted by molar-refractivity contribution is 0.102. The molecule has 0 aliphatic heterocycles. The Morgan fingerprint density at radius 3 is 2.56 bits per heavy atom. The molecule has 1 N–H and O–H groups in total. The topological polar surface area (TPSA) is 64.7 Å². The molecule has 0 saturated heterocycles. The van der Waals surface area contributed by atoms with E-state index < -0.39 is 17.5 Å². The van der Waals surface area contributed by atoms with Gasteiger partial charge in [0, 0.05) is 24.7 Å². The normalized spacial score (nSPS) is 10.7. The SMILES string of the molecule is O=C(Nc1cccnc1)c1cnn(-c2ccc(F)cc2F)c1-n1cccc1. The molecule has 8 heteroatoms. The number of hydrogen-bond donors (Lipinski definition) is 1. The van der Waals surface area contributed by atoms with Crippen LogP contribution < -0.4 is 5.32 Å². The van der Waals surface area contributed by atoms with E-state index >= 15 is 0 Å². The van der Waals surface area contributed by atoms with Gasteiger partial charge in [0.15, 0.2) is 11.6 Å². The van der Waals surface area contributed by atoms with Gasteiger partial charge in [-0.15, -0.1) is 0 Å². The number of aromatic nitrogens is 4. The number of amides is 1. The van der Waals surface area contributed by atoms with Crippen molar-refractivity contribution < 1.29 is 13.6 Å². The van der Waals surface area contributed by atoms with E-state index in [-0.39, 0.29) is 11.3 Å². The van der Waals surface area contributed by atoms with Crippen molar-refractivity contribution in [3.8, 4) is 11.5 Å². The maximum atomic E-state index is 14.3. The minimum atomic E-state index is -0.786. The van der Waals surface area contributed by atoms with E-state index in [1.54, 1.807) is 47.4 Å². The van der Waals surface area contributed by atoms with Crippen LogP contribution >= 0.6 is 0 Å². The van der Waals surface area contributed by atoms with Crippen molar-refractivity contribution >= 4 is 11.6 Å². The summed E-state index contributed by atoms with van der Waals surface area (Å²) in [5.41, 5.74) is 0.765. The highest BCUT2D eigenvalue weighted by Gasteiger charge is 2.21. The number of hydrogen-bond acceptors (Lipinski definition) is 3. The van der Waals surface area contributed by atoms with Crippen LogP contribution in [0.3, 0.4) is 0 Å². The predicted molar refractivity (Wildman–Crippen MR) is 95.0 cm³/mol. The van der Waals surface area contributed by atoms with Crippen molar-refractivity contribution in [1.82, 2.24) is 19.3 Å². The van der Waals surface area contributed by atoms with Crippen LogP contribution in [0.1, 0.15) is 10.4 Å². The lowest BCUT2D eigenvalue weighted by atomic mass is 10.2. The first-order valence-corrected chi connectivity index (χ1v) is 8.01. The van der Waals surface area contributed by atoms with Crippen LogP contribution in [-0.4, -0.2) is 25.2 Å². The summed E-state index contributed by atoms with van der Waals surface area (Å²) in [5.74, 6) is -1.58. The lowest BCUT2D eigenvalue weighted by Gasteiger charge is -2.12. The molecule has 0 bridgehead atoms. The van der Waals surface area contributed by atoms with Gasteiger partial charge < -0.3 is 9.88 Å². The van der Waals surface area contributed by atoms with Crippen molar-refractivity contribution in [3.63, 3.8) is 0 Å². The third kappa shape index (κ3) is 3.20. The number of benzene rings is 1. The summed E-state index contributed by atoms with van der Waals surface area (Å²) < 4.78 is 30.5. The minimum absolute atomic E-state index is 0.0283. The molecule has 27 heavy (non-hydrogen) atoms. The highest BCUT2D eigenvalue weighted by molar-refractivity contribution is 6.06. The number of halogens is 2. The van der Waals surface area contributed by atoms with Crippen molar-refractivity contribution in [2.45, 2.75) is 0 Å². The number of carbonyl (C=O) groups is 1. The van der Waals surface area contributed by atoms with Crippen molar-refractivity contribution in [1.29, 1.82) is 0 Å². The van der Waals surface area contributed by atoms with Crippen LogP contribution in [0.25, 0.3) is 11.5 Å². The van der Waals surface area contributed by atoms with Gasteiger partial charge in [-0.3, -0.25) is 9.78 Å². The Morgan fingerprint density at radius 2 is 1.85 bits per heavy atom. The molecule has 6 nitrogen and oxygen atoms in total. The Balaban J connectivity index is 1.81. The minimum Gasteiger partial charge on any atom is -0.320 e. The van der Waals surface area contributed by atoms with E-state index in [0.717, 1.165) is 12.1 Å². The summed E-state index contributed by atoms with van der Waals surface area (Å²) in [7, 11) is 0. The van der Waals surface area contributed by atoms with Crippen LogP contribution in [0.5, 0.6) is 0 Å². The first-order valence-electron chi connectivity index (χ1n) is 8.01. The number of nitrogens with zero attached hydrogens (tertiary/aromatic N) is 4. The molecule has 0 saturated carbocycles.